The third-order valence-electron chi connectivity index (χ3n) is 4.28. The number of carboxylic acids is 1. The van der Waals surface area contributed by atoms with Crippen LogP contribution >= 0.6 is 11.8 Å². The van der Waals surface area contributed by atoms with Crippen molar-refractivity contribution in [3.05, 3.63) is 0 Å². The lowest BCUT2D eigenvalue weighted by molar-refractivity contribution is -0.140. The fourth-order valence-electron chi connectivity index (χ4n) is 3.30. The number of hydrogen-bond donors (Lipinski definition) is 2. The Kier molecular flexibility index (Phi) is 5.13. The van der Waals surface area contributed by atoms with Crippen molar-refractivity contribution in [1.82, 2.24) is 5.32 Å². The molecule has 4 nitrogen and oxygen atoms in total. The maximum absolute atomic E-state index is 12.0. The summed E-state index contributed by atoms with van der Waals surface area (Å²) in [5, 5.41) is 12.6. The Morgan fingerprint density at radius 2 is 1.95 bits per heavy atom. The summed E-state index contributed by atoms with van der Waals surface area (Å²) in [5.74, 6) is 0.459. The van der Waals surface area contributed by atoms with Crippen molar-refractivity contribution >= 4 is 23.6 Å². The predicted octanol–water partition coefficient (Wildman–Crippen LogP) is 2.42. The first-order valence-corrected chi connectivity index (χ1v) is 8.25. The average molecular weight is 285 g/mol. The number of aliphatic carboxylic acids is 1. The Hall–Kier alpha value is -0.710. The molecule has 1 unspecified atom stereocenters. The minimum atomic E-state index is -0.777. The third-order valence-corrected chi connectivity index (χ3v) is 5.68. The van der Waals surface area contributed by atoms with E-state index in [9.17, 15) is 9.59 Å². The number of nitrogens with one attached hydrogen (secondary N) is 1. The van der Waals surface area contributed by atoms with Gasteiger partial charge in [0.2, 0.25) is 5.91 Å². The van der Waals surface area contributed by atoms with Gasteiger partial charge in [0, 0.05) is 18.2 Å². The van der Waals surface area contributed by atoms with Gasteiger partial charge >= 0.3 is 5.97 Å². The lowest BCUT2D eigenvalue weighted by Gasteiger charge is -2.26. The largest absolute Gasteiger partial charge is 0.481 e. The van der Waals surface area contributed by atoms with Crippen LogP contribution in [0.4, 0.5) is 0 Å². The molecule has 2 N–H and O–H groups in total. The Labute approximate surface area is 118 Å². The first kappa shape index (κ1) is 14.7. The zero-order valence-corrected chi connectivity index (χ0v) is 12.1. The quantitative estimate of drug-likeness (QED) is 0.786. The minimum Gasteiger partial charge on any atom is -0.481 e. The predicted molar refractivity (Wildman–Crippen MR) is 76.3 cm³/mol. The van der Waals surface area contributed by atoms with Crippen LogP contribution in [0.25, 0.3) is 0 Å². The molecule has 0 radical (unpaired) electrons. The van der Waals surface area contributed by atoms with Gasteiger partial charge in [-0.3, -0.25) is 9.59 Å². The van der Waals surface area contributed by atoms with Crippen LogP contribution < -0.4 is 5.32 Å². The van der Waals surface area contributed by atoms with Crippen LogP contribution in [-0.4, -0.2) is 34.5 Å². The lowest BCUT2D eigenvalue weighted by atomic mass is 9.79. The Bertz CT molecular complexity index is 334. The summed E-state index contributed by atoms with van der Waals surface area (Å²) in [6, 6.07) is 0. The van der Waals surface area contributed by atoms with Gasteiger partial charge in [-0.25, -0.2) is 0 Å². The second-order valence-electron chi connectivity index (χ2n) is 5.89. The highest BCUT2D eigenvalue weighted by molar-refractivity contribution is 8.00. The van der Waals surface area contributed by atoms with Crippen LogP contribution in [0.3, 0.4) is 0 Å². The highest BCUT2D eigenvalue weighted by Crippen LogP contribution is 2.44. The molecule has 1 atom stereocenters. The molecule has 0 aromatic heterocycles. The number of hydrogen-bond acceptors (Lipinski definition) is 3. The van der Waals surface area contributed by atoms with Crippen LogP contribution in [0, 0.1) is 5.41 Å². The molecule has 108 valence electrons. The molecule has 1 aliphatic carbocycles. The number of thioether (sulfide) groups is 1. The standard InChI is InChI=1S/C14H23NO3S/c16-12(15-10-11-4-3-7-19-11)8-14(9-13(17)18)5-1-2-6-14/h11H,1-10H2,(H,15,16)(H,17,18). The molecule has 0 spiro atoms. The highest BCUT2D eigenvalue weighted by atomic mass is 32.2. The van der Waals surface area contributed by atoms with E-state index in [0.29, 0.717) is 11.7 Å². The third kappa shape index (κ3) is 4.41. The molecular formula is C14H23NO3S. The van der Waals surface area contributed by atoms with E-state index >= 15 is 0 Å². The van der Waals surface area contributed by atoms with E-state index in [1.807, 2.05) is 11.8 Å². The van der Waals surface area contributed by atoms with E-state index in [-0.39, 0.29) is 17.7 Å². The smallest absolute Gasteiger partial charge is 0.303 e. The van der Waals surface area contributed by atoms with E-state index in [1.54, 1.807) is 0 Å². The van der Waals surface area contributed by atoms with Crippen molar-refractivity contribution < 1.29 is 14.7 Å². The number of rotatable bonds is 6. The second-order valence-corrected chi connectivity index (χ2v) is 7.30. The van der Waals surface area contributed by atoms with Crippen molar-refractivity contribution in [1.29, 1.82) is 0 Å². The van der Waals surface area contributed by atoms with E-state index in [2.05, 4.69) is 5.32 Å². The molecule has 1 aliphatic heterocycles. The highest BCUT2D eigenvalue weighted by Gasteiger charge is 2.38. The Morgan fingerprint density at radius 1 is 1.21 bits per heavy atom. The van der Waals surface area contributed by atoms with Gasteiger partial charge in [-0.1, -0.05) is 12.8 Å². The number of carbonyl (C=O) groups is 2. The topological polar surface area (TPSA) is 66.4 Å². The fourth-order valence-corrected chi connectivity index (χ4v) is 4.50. The number of amides is 1. The lowest BCUT2D eigenvalue weighted by Crippen LogP contribution is -2.35. The summed E-state index contributed by atoms with van der Waals surface area (Å²) in [6.45, 7) is 0.743. The van der Waals surface area contributed by atoms with Gasteiger partial charge in [0.15, 0.2) is 0 Å². The molecule has 2 fully saturated rings. The molecule has 0 bridgehead atoms. The Morgan fingerprint density at radius 3 is 2.53 bits per heavy atom. The van der Waals surface area contributed by atoms with E-state index in [4.69, 9.17) is 5.11 Å². The maximum atomic E-state index is 12.0. The van der Waals surface area contributed by atoms with Crippen molar-refractivity contribution in [2.45, 2.75) is 56.6 Å². The van der Waals surface area contributed by atoms with Gasteiger partial charge in [0.1, 0.15) is 0 Å². The van der Waals surface area contributed by atoms with Crippen LogP contribution in [0.2, 0.25) is 0 Å². The number of carboxylic acid groups (broad SMARTS) is 1. The van der Waals surface area contributed by atoms with Gasteiger partial charge in [-0.05, 0) is 36.9 Å². The second kappa shape index (κ2) is 6.64. The van der Waals surface area contributed by atoms with Crippen LogP contribution in [0.15, 0.2) is 0 Å². The van der Waals surface area contributed by atoms with Gasteiger partial charge < -0.3 is 10.4 Å². The van der Waals surface area contributed by atoms with Gasteiger partial charge in [0.25, 0.3) is 0 Å². The first-order chi connectivity index (χ1) is 9.10. The molecule has 19 heavy (non-hydrogen) atoms. The molecule has 1 amide bonds. The SMILES string of the molecule is O=C(O)CC1(CC(=O)NCC2CCCS2)CCCC1. The van der Waals surface area contributed by atoms with E-state index in [0.717, 1.165) is 32.2 Å². The molecular weight excluding hydrogens is 262 g/mol. The van der Waals surface area contributed by atoms with Crippen molar-refractivity contribution in [3.8, 4) is 0 Å². The fraction of sp³-hybridized carbons (Fsp3) is 0.857. The van der Waals surface area contributed by atoms with Crippen LogP contribution in [-0.2, 0) is 9.59 Å². The summed E-state index contributed by atoms with van der Waals surface area (Å²) in [6.07, 6.45) is 6.82. The maximum Gasteiger partial charge on any atom is 0.303 e. The van der Waals surface area contributed by atoms with E-state index in [1.165, 1.54) is 18.6 Å². The van der Waals surface area contributed by atoms with Crippen LogP contribution in [0.5, 0.6) is 0 Å². The molecule has 0 aromatic carbocycles. The molecule has 1 saturated heterocycles. The molecule has 2 aliphatic rings. The summed E-state index contributed by atoms with van der Waals surface area (Å²) in [5.41, 5.74) is -0.279. The molecule has 0 aromatic rings. The van der Waals surface area contributed by atoms with Gasteiger partial charge in [-0.2, -0.15) is 11.8 Å². The molecule has 5 heteroatoms. The van der Waals surface area contributed by atoms with Gasteiger partial charge in [-0.15, -0.1) is 0 Å². The normalized spacial score (nSPS) is 25.4. The number of carbonyl (C=O) groups excluding carboxylic acids is 1. The summed E-state index contributed by atoms with van der Waals surface area (Å²) < 4.78 is 0. The first-order valence-electron chi connectivity index (χ1n) is 7.20. The van der Waals surface area contributed by atoms with Crippen LogP contribution in [0.1, 0.15) is 51.4 Å². The Balaban J connectivity index is 1.79. The van der Waals surface area contributed by atoms with Crippen molar-refractivity contribution in [2.24, 2.45) is 5.41 Å². The average Bonchev–Trinajstić information content (AvgIpc) is 2.97. The summed E-state index contributed by atoms with van der Waals surface area (Å²) in [4.78, 5) is 23.0. The zero-order valence-electron chi connectivity index (χ0n) is 11.3. The monoisotopic (exact) mass is 285 g/mol. The summed E-state index contributed by atoms with van der Waals surface area (Å²) in [7, 11) is 0. The molecule has 1 saturated carbocycles. The summed E-state index contributed by atoms with van der Waals surface area (Å²) >= 11 is 1.93. The molecule has 1 heterocycles. The van der Waals surface area contributed by atoms with E-state index < -0.39 is 5.97 Å². The molecule has 2 rings (SSSR count). The van der Waals surface area contributed by atoms with Crippen molar-refractivity contribution in [3.63, 3.8) is 0 Å². The van der Waals surface area contributed by atoms with Crippen molar-refractivity contribution in [2.75, 3.05) is 12.3 Å². The zero-order chi connectivity index (χ0) is 13.7. The van der Waals surface area contributed by atoms with Gasteiger partial charge in [0.05, 0.1) is 6.42 Å². The minimum absolute atomic E-state index is 0.0376.